The van der Waals surface area contributed by atoms with Crippen LogP contribution < -0.4 is 14.8 Å². The van der Waals surface area contributed by atoms with Crippen molar-refractivity contribution in [2.75, 3.05) is 13.1 Å². The van der Waals surface area contributed by atoms with E-state index in [1.807, 2.05) is 18.2 Å². The molecule has 1 saturated heterocycles. The molecule has 0 aliphatic carbocycles. The molecule has 1 fully saturated rings. The quantitative estimate of drug-likeness (QED) is 0.553. The highest BCUT2D eigenvalue weighted by atomic mass is 35.5. The van der Waals surface area contributed by atoms with Gasteiger partial charge in [-0.25, -0.2) is 18.6 Å². The van der Waals surface area contributed by atoms with Crippen molar-refractivity contribution >= 4 is 42.0 Å². The lowest BCUT2D eigenvalue weighted by Crippen LogP contribution is -2.37. The van der Waals surface area contributed by atoms with Gasteiger partial charge in [0.2, 0.25) is 15.0 Å². The summed E-state index contributed by atoms with van der Waals surface area (Å²) in [4.78, 5) is 18.0. The third-order valence-electron chi connectivity index (χ3n) is 5.27. The number of benzene rings is 2. The van der Waals surface area contributed by atoms with Crippen molar-refractivity contribution in [1.82, 2.24) is 10.2 Å². The van der Waals surface area contributed by atoms with Crippen LogP contribution >= 0.6 is 11.6 Å². The zero-order valence-corrected chi connectivity index (χ0v) is 20.5. The molecule has 2 aromatic rings. The number of ether oxygens (including phenoxy) is 2. The lowest BCUT2D eigenvalue weighted by molar-refractivity contribution is 0.0962. The van der Waals surface area contributed by atoms with Crippen LogP contribution in [0, 0.1) is 11.6 Å². The Bertz CT molecular complexity index is 1320. The standard InChI is InChI=1S/C22H20ClF2N3O5S2/c23-19-17(32-15-6-8-28(9-7-15)11-14-4-2-1-3-5-14)10-16(24)21(20(19)25)33-22(29)27-18-12-34(13-26-18)35(30)31/h1-5,10,12-13,15H,6-9,11H2,(H,27,29). The molecule has 2 aromatic carbocycles. The van der Waals surface area contributed by atoms with Crippen molar-refractivity contribution in [3.63, 3.8) is 0 Å². The van der Waals surface area contributed by atoms with E-state index in [-0.39, 0.29) is 17.7 Å². The summed E-state index contributed by atoms with van der Waals surface area (Å²) < 4.78 is 61.6. The fourth-order valence-corrected chi connectivity index (χ4v) is 5.38. The summed E-state index contributed by atoms with van der Waals surface area (Å²) in [6.45, 7) is 2.32. The van der Waals surface area contributed by atoms with Gasteiger partial charge in [0.05, 0.1) is 5.55 Å². The molecule has 0 spiro atoms. The minimum atomic E-state index is -2.44. The molecule has 1 atom stereocenters. The van der Waals surface area contributed by atoms with Crippen LogP contribution in [-0.4, -0.2) is 44.2 Å². The van der Waals surface area contributed by atoms with Gasteiger partial charge in [-0.2, -0.15) is 8.42 Å². The summed E-state index contributed by atoms with van der Waals surface area (Å²) in [6, 6.07) is 10.9. The maximum Gasteiger partial charge on any atom is 0.418 e. The molecular formula is C22H20ClF2N3O5S2. The fourth-order valence-electron chi connectivity index (χ4n) is 3.58. The molecule has 4 rings (SSSR count). The molecule has 0 saturated carbocycles. The molecule has 2 aliphatic heterocycles. The predicted octanol–water partition coefficient (Wildman–Crippen LogP) is 4.00. The maximum atomic E-state index is 14.7. The Hall–Kier alpha value is -2.80. The SMILES string of the molecule is O=C(NC1=CS(=S(=O)=O)C=N1)Oc1c(F)cc(OC2CCN(Cc3ccccc3)CC2)c(Cl)c1F. The van der Waals surface area contributed by atoms with Crippen LogP contribution in [0.3, 0.4) is 0 Å². The number of aliphatic imine (C=N–C) groups is 1. The fraction of sp³-hybridized carbons (Fsp3) is 0.273. The molecule has 0 bridgehead atoms. The molecule has 35 heavy (non-hydrogen) atoms. The van der Waals surface area contributed by atoms with Crippen LogP contribution in [-0.2, 0) is 25.3 Å². The van der Waals surface area contributed by atoms with Gasteiger partial charge in [-0.05, 0) is 18.4 Å². The monoisotopic (exact) mass is 543 g/mol. The maximum absolute atomic E-state index is 14.7. The van der Waals surface area contributed by atoms with Gasteiger partial charge in [0.15, 0.2) is 11.6 Å². The molecule has 1 unspecified atom stereocenters. The summed E-state index contributed by atoms with van der Waals surface area (Å²) in [5.41, 5.74) is 2.31. The first kappa shape index (κ1) is 25.3. The summed E-state index contributed by atoms with van der Waals surface area (Å²) in [5, 5.41) is 2.76. The Morgan fingerprint density at radius 2 is 1.94 bits per heavy atom. The second kappa shape index (κ2) is 11.3. The van der Waals surface area contributed by atoms with E-state index in [9.17, 15) is 22.0 Å². The second-order valence-corrected chi connectivity index (χ2v) is 11.5. The van der Waals surface area contributed by atoms with E-state index >= 15 is 0 Å². The number of likely N-dealkylation sites (tertiary alicyclic amines) is 1. The van der Waals surface area contributed by atoms with Gasteiger partial charge >= 0.3 is 6.09 Å². The van der Waals surface area contributed by atoms with Crippen LogP contribution in [0.2, 0.25) is 5.02 Å². The average molecular weight is 544 g/mol. The zero-order valence-electron chi connectivity index (χ0n) is 18.1. The first-order valence-electron chi connectivity index (χ1n) is 10.5. The van der Waals surface area contributed by atoms with E-state index in [0.29, 0.717) is 12.8 Å². The lowest BCUT2D eigenvalue weighted by Gasteiger charge is -2.32. The van der Waals surface area contributed by atoms with Crippen molar-refractivity contribution in [2.24, 2.45) is 4.99 Å². The van der Waals surface area contributed by atoms with Gasteiger partial charge in [0.25, 0.3) is 0 Å². The van der Waals surface area contributed by atoms with E-state index in [1.165, 1.54) is 5.56 Å². The molecule has 8 nitrogen and oxygen atoms in total. The summed E-state index contributed by atoms with van der Waals surface area (Å²) in [6.07, 6.45) is -0.235. The number of carbonyl (C=O) groups is 1. The Morgan fingerprint density at radius 3 is 2.60 bits per heavy atom. The predicted molar refractivity (Wildman–Crippen MR) is 129 cm³/mol. The highest BCUT2D eigenvalue weighted by Gasteiger charge is 2.26. The smallest absolute Gasteiger partial charge is 0.418 e. The Kier molecular flexibility index (Phi) is 8.16. The van der Waals surface area contributed by atoms with Gasteiger partial charge in [0.1, 0.15) is 22.7 Å². The molecule has 186 valence electrons. The normalized spacial score (nSPS) is 18.3. The lowest BCUT2D eigenvalue weighted by atomic mass is 10.1. The molecular weight excluding hydrogens is 524 g/mol. The van der Waals surface area contributed by atoms with E-state index in [1.54, 1.807) is 0 Å². The van der Waals surface area contributed by atoms with E-state index in [4.69, 9.17) is 21.1 Å². The number of hydrogen-bond donors (Lipinski definition) is 1. The van der Waals surface area contributed by atoms with Gasteiger partial charge in [-0.1, -0.05) is 41.9 Å². The largest absolute Gasteiger partial charge is 0.489 e. The van der Waals surface area contributed by atoms with Crippen molar-refractivity contribution in [3.8, 4) is 11.5 Å². The van der Waals surface area contributed by atoms with Crippen LogP contribution in [0.1, 0.15) is 18.4 Å². The van der Waals surface area contributed by atoms with Crippen LogP contribution in [0.15, 0.2) is 52.6 Å². The number of piperidine rings is 1. The number of hydrogen-bond acceptors (Lipinski definition) is 7. The number of rotatable bonds is 6. The Labute approximate surface area is 208 Å². The molecule has 1 N–H and O–H groups in total. The summed E-state index contributed by atoms with van der Waals surface area (Å²) in [7, 11) is -3.74. The number of halogens is 3. The van der Waals surface area contributed by atoms with Crippen molar-refractivity contribution < 1.29 is 31.5 Å². The van der Waals surface area contributed by atoms with Crippen LogP contribution in [0.4, 0.5) is 13.6 Å². The number of amides is 1. The third-order valence-corrected chi connectivity index (χ3v) is 8.19. The van der Waals surface area contributed by atoms with Gasteiger partial charge in [-0.15, -0.1) is 0 Å². The molecule has 1 amide bonds. The van der Waals surface area contributed by atoms with Crippen molar-refractivity contribution in [2.45, 2.75) is 25.5 Å². The van der Waals surface area contributed by atoms with Crippen LogP contribution in [0.5, 0.6) is 11.5 Å². The average Bonchev–Trinajstić information content (AvgIpc) is 3.31. The third kappa shape index (κ3) is 6.45. The Morgan fingerprint density at radius 1 is 1.23 bits per heavy atom. The van der Waals surface area contributed by atoms with E-state index in [2.05, 4.69) is 27.3 Å². The molecule has 2 heterocycles. The number of nitrogens with one attached hydrogen (secondary N) is 1. The number of nitrogens with zero attached hydrogens (tertiary/aromatic N) is 2. The summed E-state index contributed by atoms with van der Waals surface area (Å²) in [5.74, 6) is -3.77. The van der Waals surface area contributed by atoms with Crippen LogP contribution in [0.25, 0.3) is 0 Å². The molecule has 0 aromatic heterocycles. The van der Waals surface area contributed by atoms with Gasteiger partial charge in [-0.3, -0.25) is 10.2 Å². The van der Waals surface area contributed by atoms with E-state index in [0.717, 1.165) is 36.7 Å². The van der Waals surface area contributed by atoms with Gasteiger partial charge in [0, 0.05) is 40.6 Å². The summed E-state index contributed by atoms with van der Waals surface area (Å²) >= 11 is 6.04. The first-order chi connectivity index (χ1) is 16.8. The van der Waals surface area contributed by atoms with E-state index < -0.39 is 47.2 Å². The topological polar surface area (TPSA) is 97.3 Å². The second-order valence-electron chi connectivity index (χ2n) is 7.68. The Balaban J connectivity index is 1.36. The zero-order chi connectivity index (χ0) is 24.9. The molecule has 0 radical (unpaired) electrons. The highest BCUT2D eigenvalue weighted by Crippen LogP contribution is 2.37. The van der Waals surface area contributed by atoms with Crippen molar-refractivity contribution in [3.05, 3.63) is 69.8 Å². The molecule has 2 aliphatic rings. The van der Waals surface area contributed by atoms with Crippen molar-refractivity contribution in [1.29, 1.82) is 0 Å². The minimum absolute atomic E-state index is 0.118. The first-order valence-corrected chi connectivity index (χ1v) is 13.8. The minimum Gasteiger partial charge on any atom is -0.489 e. The van der Waals surface area contributed by atoms with Gasteiger partial charge < -0.3 is 9.47 Å². The molecule has 13 heteroatoms. The highest BCUT2D eigenvalue weighted by molar-refractivity contribution is 8.42. The number of carbonyl (C=O) groups excluding carboxylic acids is 1.